The summed E-state index contributed by atoms with van der Waals surface area (Å²) in [5.74, 6) is 5.12. The number of allylic oxidation sites excluding steroid dienone is 2. The Morgan fingerprint density at radius 1 is 0.552 bits per heavy atom. The van der Waals surface area contributed by atoms with Gasteiger partial charge < -0.3 is 47.4 Å². The Bertz CT molecular complexity index is 3900. The Hall–Kier alpha value is -10.3. The highest BCUT2D eigenvalue weighted by Crippen LogP contribution is 2.34. The van der Waals surface area contributed by atoms with E-state index in [-0.39, 0.29) is 87.3 Å². The zero-order chi connectivity index (χ0) is 69.4. The van der Waals surface area contributed by atoms with Crippen LogP contribution < -0.4 is 48.2 Å². The second-order valence-electron chi connectivity index (χ2n) is 23.1. The van der Waals surface area contributed by atoms with Crippen LogP contribution in [0.1, 0.15) is 175 Å². The number of aryl methyl sites for hydroxylation is 3. The van der Waals surface area contributed by atoms with E-state index in [1.165, 1.54) is 21.1 Å². The molecule has 3 amide bonds. The number of nitrogens with zero attached hydrogens (tertiary/aromatic N) is 5. The molecule has 96 heavy (non-hydrogen) atoms. The fraction of sp³-hybridized carbons (Fsp3) is 0.311. The first-order chi connectivity index (χ1) is 46.3. The number of hydrazine groups is 1. The van der Waals surface area contributed by atoms with Crippen molar-refractivity contribution in [1.82, 2.24) is 35.5 Å². The molecular weight excluding hydrogens is 1230 g/mol. The molecule has 3 fully saturated rings. The van der Waals surface area contributed by atoms with Gasteiger partial charge in [0.05, 0.1) is 30.3 Å². The number of thioether (sulfide) groups is 1. The average Bonchev–Trinajstić information content (AvgIpc) is 1.63. The minimum Gasteiger partial charge on any atom is -0.476 e. The van der Waals surface area contributed by atoms with Gasteiger partial charge in [0.25, 0.3) is 17.7 Å². The van der Waals surface area contributed by atoms with E-state index in [1.807, 2.05) is 96.3 Å². The van der Waals surface area contributed by atoms with Crippen LogP contribution in [-0.4, -0.2) is 104 Å². The van der Waals surface area contributed by atoms with E-state index in [0.717, 1.165) is 85.1 Å². The standard InChI is InChI=1S/2C24H26N4O3.C12H11NOS.C11H15N3O.C3H8O/c2*1-3-13-31-24-20(21(29)16-7-5-4-6-8-16)22(25)28(27-24)19-14-17(10-9-15(19)2)23(30)26-18-11-12-18;1-9(15-2)11(8-13)12(14)10-6-4-3-5-7-10;1-7-2-3-8(6-10(7)14-12)11(15)13-9-4-5-9;1-2-3-4/h2*4-10,14,18H,3,11-13,25H2,1-2H3,(H,26,30);3-7H,1-2H3;2-3,6,9,14H,4-5,12H2,1H3,(H,13,15);4H,2-3H2,1H3/b;;11-9+;;. The van der Waals surface area contributed by atoms with Crippen molar-refractivity contribution in [2.24, 2.45) is 5.84 Å². The number of amides is 3. The monoisotopic (exact) mass is 1320 g/mol. The number of anilines is 3. The highest BCUT2D eigenvalue weighted by Gasteiger charge is 2.30. The fourth-order valence-electron chi connectivity index (χ4n) is 9.17. The Morgan fingerprint density at radius 2 is 0.906 bits per heavy atom. The minimum atomic E-state index is -0.254. The topological polar surface area (TPSA) is 327 Å². The van der Waals surface area contributed by atoms with Crippen molar-refractivity contribution in [3.8, 4) is 29.2 Å². The summed E-state index contributed by atoms with van der Waals surface area (Å²) >= 11 is 1.42. The first-order valence-corrected chi connectivity index (χ1v) is 33.3. The zero-order valence-corrected chi connectivity index (χ0v) is 56.5. The summed E-state index contributed by atoms with van der Waals surface area (Å²) < 4.78 is 14.5. The van der Waals surface area contributed by atoms with Gasteiger partial charge in [0, 0.05) is 63.0 Å². The lowest BCUT2D eigenvalue weighted by atomic mass is 10.0. The van der Waals surface area contributed by atoms with Crippen molar-refractivity contribution in [3.05, 3.63) is 217 Å². The van der Waals surface area contributed by atoms with Gasteiger partial charge in [0.1, 0.15) is 34.4 Å². The van der Waals surface area contributed by atoms with E-state index >= 15 is 0 Å². The highest BCUT2D eigenvalue weighted by atomic mass is 32.2. The largest absolute Gasteiger partial charge is 0.476 e. The number of nitrogen functional groups attached to an aromatic ring is 3. The first kappa shape index (κ1) is 73.1. The summed E-state index contributed by atoms with van der Waals surface area (Å²) in [6.45, 7) is 14.6. The Kier molecular flexibility index (Phi) is 27.2. The minimum absolute atomic E-state index is 0.0194. The van der Waals surface area contributed by atoms with E-state index in [0.29, 0.717) is 70.6 Å². The van der Waals surface area contributed by atoms with Crippen LogP contribution in [0, 0.1) is 32.1 Å². The van der Waals surface area contributed by atoms with Crippen LogP contribution >= 0.6 is 11.8 Å². The quantitative estimate of drug-likeness (QED) is 0.00970. The number of hydrogen-bond donors (Lipinski definition) is 8. The number of Topliss-reactive ketones (excluding diaryl/α,β-unsaturated/α-hetero) is 1. The summed E-state index contributed by atoms with van der Waals surface area (Å²) in [6.07, 6.45) is 10.5. The molecule has 0 spiro atoms. The van der Waals surface area contributed by atoms with E-state index in [1.54, 1.807) is 110 Å². The lowest BCUT2D eigenvalue weighted by molar-refractivity contribution is 0.0942. The molecule has 2 aromatic heterocycles. The van der Waals surface area contributed by atoms with Crippen LogP contribution in [0.2, 0.25) is 0 Å². The molecule has 0 unspecified atom stereocenters. The maximum atomic E-state index is 13.2. The van der Waals surface area contributed by atoms with Crippen LogP contribution in [0.15, 0.2) is 156 Å². The van der Waals surface area contributed by atoms with Crippen LogP contribution in [0.4, 0.5) is 17.3 Å². The molecular formula is C74H86N12O9S. The van der Waals surface area contributed by atoms with Gasteiger partial charge in [0.2, 0.25) is 29.1 Å². The number of carbonyl (C=O) groups excluding carboxylic acids is 6. The van der Waals surface area contributed by atoms with Crippen molar-refractivity contribution < 1.29 is 43.3 Å². The molecule has 3 aliphatic carbocycles. The third-order valence-corrected chi connectivity index (χ3v) is 16.1. The van der Waals surface area contributed by atoms with E-state index in [9.17, 15) is 28.8 Å². The second kappa shape index (κ2) is 35.8. The molecule has 0 radical (unpaired) electrons. The molecule has 3 aliphatic rings. The van der Waals surface area contributed by atoms with E-state index in [2.05, 4.69) is 31.6 Å². The number of rotatable bonds is 23. The number of benzene rings is 6. The van der Waals surface area contributed by atoms with E-state index < -0.39 is 0 Å². The zero-order valence-electron chi connectivity index (χ0n) is 55.7. The molecule has 0 aliphatic heterocycles. The maximum Gasteiger partial charge on any atom is 0.251 e. The lowest BCUT2D eigenvalue weighted by Gasteiger charge is -2.11. The van der Waals surface area contributed by atoms with Crippen molar-refractivity contribution in [3.63, 3.8) is 0 Å². The van der Waals surface area contributed by atoms with Crippen molar-refractivity contribution >= 4 is 64.2 Å². The summed E-state index contributed by atoms with van der Waals surface area (Å²) in [4.78, 5) is 75.8. The Balaban J connectivity index is 0.000000186. The van der Waals surface area contributed by atoms with Gasteiger partial charge in [0.15, 0.2) is 0 Å². The number of ether oxygens (including phenoxy) is 2. The fourth-order valence-corrected chi connectivity index (χ4v) is 9.52. The van der Waals surface area contributed by atoms with Gasteiger partial charge in [-0.1, -0.05) is 130 Å². The molecule has 22 heteroatoms. The smallest absolute Gasteiger partial charge is 0.251 e. The van der Waals surface area contributed by atoms with Crippen LogP contribution in [0.5, 0.6) is 11.8 Å². The molecule has 0 atom stereocenters. The molecule has 21 nitrogen and oxygen atoms in total. The van der Waals surface area contributed by atoms with E-state index in [4.69, 9.17) is 37.2 Å². The Morgan fingerprint density at radius 3 is 1.23 bits per heavy atom. The second-order valence-corrected chi connectivity index (χ2v) is 24.1. The van der Waals surface area contributed by atoms with Crippen LogP contribution in [0.25, 0.3) is 11.4 Å². The molecule has 6 aromatic carbocycles. The maximum absolute atomic E-state index is 13.2. The average molecular weight is 1320 g/mol. The van der Waals surface area contributed by atoms with Crippen LogP contribution in [0.3, 0.4) is 0 Å². The molecule has 0 bridgehead atoms. The number of hydrogen-bond acceptors (Lipinski definition) is 17. The highest BCUT2D eigenvalue weighted by molar-refractivity contribution is 8.02. The van der Waals surface area contributed by atoms with Crippen molar-refractivity contribution in [2.45, 2.75) is 124 Å². The lowest BCUT2D eigenvalue weighted by Crippen LogP contribution is -2.25. The van der Waals surface area contributed by atoms with Gasteiger partial charge in [-0.05, 0) is 145 Å². The van der Waals surface area contributed by atoms with Gasteiger partial charge >= 0.3 is 0 Å². The third kappa shape index (κ3) is 20.1. The molecule has 11 N–H and O–H groups in total. The summed E-state index contributed by atoms with van der Waals surface area (Å²) in [5, 5.41) is 34.7. The van der Waals surface area contributed by atoms with Crippen molar-refractivity contribution in [2.75, 3.05) is 43.0 Å². The summed E-state index contributed by atoms with van der Waals surface area (Å²) in [6, 6.07) is 45.8. The van der Waals surface area contributed by atoms with Gasteiger partial charge in [-0.25, -0.2) is 9.36 Å². The number of aliphatic hydroxyl groups is 1. The molecule has 8 aromatic rings. The third-order valence-electron chi connectivity index (χ3n) is 15.2. The molecule has 2 heterocycles. The first-order valence-electron chi connectivity index (χ1n) is 32.1. The number of carbonyl (C=O) groups is 6. The number of nitriles is 1. The predicted octanol–water partition coefficient (Wildman–Crippen LogP) is 11.9. The number of aliphatic hydroxyl groups excluding tert-OH is 1. The van der Waals surface area contributed by atoms with Gasteiger partial charge in [-0.15, -0.1) is 22.0 Å². The number of ketones is 3. The normalized spacial score (nSPS) is 12.9. The van der Waals surface area contributed by atoms with Crippen LogP contribution in [-0.2, 0) is 0 Å². The predicted molar refractivity (Wildman–Crippen MR) is 377 cm³/mol. The Labute approximate surface area is 565 Å². The molecule has 502 valence electrons. The molecule has 3 saturated carbocycles. The molecule has 11 rings (SSSR count). The van der Waals surface area contributed by atoms with Gasteiger partial charge in [-0.2, -0.15) is 5.26 Å². The number of aromatic nitrogens is 4. The number of nitrogens with one attached hydrogen (secondary N) is 4. The van der Waals surface area contributed by atoms with Crippen molar-refractivity contribution in [1.29, 1.82) is 5.26 Å². The SMILES string of the molecule is CCCO.CCCOc1nn(-c2cc(C(=O)NC3CC3)ccc2C)c(N)c1C(=O)c1ccccc1.CCCOc1nn(-c2cc(C(=O)NC3CC3)ccc2C)c(N)c1C(=O)c1ccccc1.CS/C(C)=C(\C#N)C(=O)c1ccccc1.Cc1ccc(C(=O)NC2CC2)cc1NN. The van der Waals surface area contributed by atoms with Gasteiger partial charge in [-0.3, -0.25) is 34.6 Å². The number of nitrogens with two attached hydrogens (primary N) is 3. The summed E-state index contributed by atoms with van der Waals surface area (Å²) in [5.41, 5.74) is 24.2. The summed E-state index contributed by atoms with van der Waals surface area (Å²) in [7, 11) is 0. The molecule has 0 saturated heterocycles.